The molecular formula is C85H64B2N4OS. The zero-order valence-corrected chi connectivity index (χ0v) is 52.3. The Kier molecular flexibility index (Phi) is 13.6. The summed E-state index contributed by atoms with van der Waals surface area (Å²) < 4.78 is 7.20. The highest BCUT2D eigenvalue weighted by molar-refractivity contribution is 8.00. The van der Waals surface area contributed by atoms with Crippen LogP contribution in [0.2, 0.25) is 11.6 Å². The average molecular weight is 1210 g/mol. The van der Waals surface area contributed by atoms with Crippen molar-refractivity contribution in [1.82, 2.24) is 0 Å². The number of aryl methyl sites for hydroxylation is 1. The third kappa shape index (κ3) is 9.32. The van der Waals surface area contributed by atoms with Crippen molar-refractivity contribution in [3.8, 4) is 44.9 Å². The molecule has 0 radical (unpaired) electrons. The normalized spacial score (nSPS) is 18.6. The van der Waals surface area contributed by atoms with Gasteiger partial charge in [-0.1, -0.05) is 248 Å². The lowest BCUT2D eigenvalue weighted by Gasteiger charge is -2.59. The second-order valence-corrected chi connectivity index (χ2v) is 26.6. The van der Waals surface area contributed by atoms with Gasteiger partial charge < -0.3 is 24.3 Å². The van der Waals surface area contributed by atoms with E-state index in [0.717, 1.165) is 46.4 Å². The molecule has 2 aliphatic carbocycles. The van der Waals surface area contributed by atoms with Crippen LogP contribution in [-0.4, -0.2) is 30.8 Å². The summed E-state index contributed by atoms with van der Waals surface area (Å²) in [5.74, 6) is 2.06. The van der Waals surface area contributed by atoms with E-state index in [9.17, 15) is 0 Å². The Morgan fingerprint density at radius 1 is 0.441 bits per heavy atom. The molecule has 8 heteroatoms. The van der Waals surface area contributed by atoms with Crippen molar-refractivity contribution in [1.29, 1.82) is 0 Å². The quantitative estimate of drug-likeness (QED) is 0.120. The van der Waals surface area contributed by atoms with Crippen LogP contribution in [0.3, 0.4) is 0 Å². The molecule has 12 aromatic carbocycles. The highest BCUT2D eigenvalue weighted by Gasteiger charge is 2.59. The number of fused-ring (bicyclic) bond motifs is 8. The summed E-state index contributed by atoms with van der Waals surface area (Å²) in [4.78, 5) is 11.9. The Labute approximate surface area is 550 Å². The van der Waals surface area contributed by atoms with Crippen molar-refractivity contribution in [3.05, 3.63) is 350 Å². The van der Waals surface area contributed by atoms with Crippen LogP contribution < -0.4 is 40.7 Å². The summed E-state index contributed by atoms with van der Waals surface area (Å²) in [7, 11) is 0. The van der Waals surface area contributed by atoms with Crippen LogP contribution in [-0.2, 0) is 0 Å². The van der Waals surface area contributed by atoms with E-state index in [4.69, 9.17) is 4.74 Å². The summed E-state index contributed by atoms with van der Waals surface area (Å²) in [6, 6.07) is 114. The molecule has 5 nitrogen and oxygen atoms in total. The number of para-hydroxylation sites is 7. The highest BCUT2D eigenvalue weighted by atomic mass is 32.2. The molecule has 4 heterocycles. The maximum atomic E-state index is 7.20. The molecule has 1 saturated heterocycles. The van der Waals surface area contributed by atoms with E-state index < -0.39 is 0 Å². The number of nitrogens with zero attached hydrogens (tertiary/aromatic N) is 4. The van der Waals surface area contributed by atoms with Gasteiger partial charge in [0.1, 0.15) is 11.5 Å². The van der Waals surface area contributed by atoms with Crippen LogP contribution in [0.15, 0.2) is 349 Å². The van der Waals surface area contributed by atoms with E-state index in [1.807, 2.05) is 11.8 Å². The Hall–Kier alpha value is -10.7. The Morgan fingerprint density at radius 3 is 1.72 bits per heavy atom. The number of ether oxygens (including phenoxy) is 1. The predicted molar refractivity (Wildman–Crippen MR) is 392 cm³/mol. The first-order valence-corrected chi connectivity index (χ1v) is 33.6. The number of hydrogen-bond donors (Lipinski definition) is 0. The van der Waals surface area contributed by atoms with Gasteiger partial charge >= 0.3 is 0 Å². The van der Waals surface area contributed by atoms with Gasteiger partial charge in [0.05, 0.1) is 23.1 Å². The van der Waals surface area contributed by atoms with Crippen LogP contribution >= 0.6 is 11.8 Å². The first-order valence-electron chi connectivity index (χ1n) is 32.7. The summed E-state index contributed by atoms with van der Waals surface area (Å²) in [6.07, 6.45) is 9.02. The molecule has 5 unspecified atom stereocenters. The van der Waals surface area contributed by atoms with Gasteiger partial charge in [0.2, 0.25) is 13.4 Å². The number of thioether (sulfide) groups is 1. The third-order valence-corrected chi connectivity index (χ3v) is 21.6. The summed E-state index contributed by atoms with van der Waals surface area (Å²) in [5, 5.41) is 0.0560. The Bertz CT molecular complexity index is 4880. The lowest BCUT2D eigenvalue weighted by atomic mass is 9.24. The van der Waals surface area contributed by atoms with Gasteiger partial charge in [-0.05, 0) is 142 Å². The first kappa shape index (κ1) is 55.2. The first-order chi connectivity index (χ1) is 46.1. The summed E-state index contributed by atoms with van der Waals surface area (Å²) in [5.41, 5.74) is 25.5. The SMILES string of the molecule is Cc1cccc(-c2ccccc2)c1N1C2=CC3Sc4cc(N(c5ccccc5)c5ccccc5)cc5c4B(c4ccccc4O5)C3C=C2B2c3ccccc3N(c3ccccc3)C3CC(N(c4ccc(-c5ccccc5)cc4)c4ccccc4-c4ccccc4)=CC1C23. The molecule has 12 aromatic rings. The van der Waals surface area contributed by atoms with Gasteiger partial charge in [-0.25, -0.2) is 0 Å². The number of anilines is 8. The monoisotopic (exact) mass is 1210 g/mol. The third-order valence-electron chi connectivity index (χ3n) is 20.3. The van der Waals surface area contributed by atoms with E-state index in [2.05, 4.69) is 354 Å². The molecule has 0 bridgehead atoms. The molecule has 442 valence electrons. The minimum absolute atomic E-state index is 0.00612. The van der Waals surface area contributed by atoms with Gasteiger partial charge in [-0.3, -0.25) is 0 Å². The minimum atomic E-state index is -0.130. The molecule has 18 rings (SSSR count). The summed E-state index contributed by atoms with van der Waals surface area (Å²) in [6.45, 7) is 2.43. The topological polar surface area (TPSA) is 22.2 Å². The average Bonchev–Trinajstić information content (AvgIpc) is 0.692. The molecule has 6 aliphatic rings. The lowest BCUT2D eigenvalue weighted by molar-refractivity contribution is 0.485. The van der Waals surface area contributed by atoms with Crippen molar-refractivity contribution in [2.75, 3.05) is 19.6 Å². The fourth-order valence-electron chi connectivity index (χ4n) is 16.5. The number of benzene rings is 12. The van der Waals surface area contributed by atoms with E-state index in [-0.39, 0.29) is 42.4 Å². The number of hydrogen-bond acceptors (Lipinski definition) is 6. The van der Waals surface area contributed by atoms with Gasteiger partial charge in [-0.2, -0.15) is 0 Å². The predicted octanol–water partition coefficient (Wildman–Crippen LogP) is 19.7. The lowest BCUT2D eigenvalue weighted by Crippen LogP contribution is -2.66. The molecule has 0 aromatic heterocycles. The van der Waals surface area contributed by atoms with Crippen LogP contribution in [0.4, 0.5) is 45.5 Å². The van der Waals surface area contributed by atoms with E-state index in [1.165, 1.54) is 94.2 Å². The molecule has 4 aliphatic heterocycles. The molecule has 5 atom stereocenters. The van der Waals surface area contributed by atoms with E-state index in [0.29, 0.717) is 0 Å². The van der Waals surface area contributed by atoms with Crippen LogP contribution in [0.25, 0.3) is 33.4 Å². The smallest absolute Gasteiger partial charge is 0.228 e. The molecule has 0 saturated carbocycles. The minimum Gasteiger partial charge on any atom is -0.458 e. The molecule has 0 N–H and O–H groups in total. The molecule has 1 fully saturated rings. The summed E-state index contributed by atoms with van der Waals surface area (Å²) >= 11 is 2.01. The fourth-order valence-corrected chi connectivity index (χ4v) is 17.9. The second kappa shape index (κ2) is 22.9. The van der Waals surface area contributed by atoms with Crippen LogP contribution in [0.5, 0.6) is 11.5 Å². The van der Waals surface area contributed by atoms with E-state index >= 15 is 0 Å². The second-order valence-electron chi connectivity index (χ2n) is 25.4. The van der Waals surface area contributed by atoms with Gasteiger partial charge in [-0.15, -0.1) is 11.8 Å². The van der Waals surface area contributed by atoms with Crippen molar-refractivity contribution in [2.24, 2.45) is 0 Å². The van der Waals surface area contributed by atoms with Crippen LogP contribution in [0, 0.1) is 6.92 Å². The van der Waals surface area contributed by atoms with Gasteiger partial charge in [0.25, 0.3) is 0 Å². The van der Waals surface area contributed by atoms with Crippen molar-refractivity contribution < 1.29 is 4.74 Å². The Morgan fingerprint density at radius 2 is 1.01 bits per heavy atom. The highest BCUT2D eigenvalue weighted by Crippen LogP contribution is 2.59. The van der Waals surface area contributed by atoms with Gasteiger partial charge in [0.15, 0.2) is 0 Å². The van der Waals surface area contributed by atoms with Gasteiger partial charge in [0, 0.05) is 79.6 Å². The zero-order chi connectivity index (χ0) is 61.5. The maximum absolute atomic E-state index is 7.20. The Balaban J connectivity index is 0.902. The van der Waals surface area contributed by atoms with Crippen molar-refractivity contribution >= 4 is 87.1 Å². The molecule has 0 spiro atoms. The fraction of sp³-hybridized carbons (Fsp3) is 0.0824. The number of rotatable bonds is 11. The molecule has 93 heavy (non-hydrogen) atoms. The number of allylic oxidation sites excluding steroid dienone is 2. The zero-order valence-electron chi connectivity index (χ0n) is 51.5. The maximum Gasteiger partial charge on any atom is 0.228 e. The van der Waals surface area contributed by atoms with E-state index in [1.54, 1.807) is 0 Å². The molecule has 0 amide bonds. The molecular weight excluding hydrogens is 1150 g/mol. The standard InChI is InChI=1S/C85H64B2N4OS/c1-57-27-26-41-69(61-32-12-4-13-33-61)85(57)91-76-56-81-73(87-71-43-22-25-46-79(71)92-80-53-67(54-82(93-81)84(80)87)88(62-34-14-5-15-35-62)63-36-16-6-17-37-63)55-72(76)86-70-42-21-24-45-75(70)90(64-38-18-7-19-39-64)77-51-66(52-78(91)83(77)86)89(65-49-47-59(48-50-65)58-28-8-2-9-29-58)74-44-23-20-40-68(74)60-30-10-3-11-31-60/h2-50,52-56,73,77-78,81,83H,51H2,1H3. The van der Waals surface area contributed by atoms with Crippen molar-refractivity contribution in [2.45, 2.75) is 47.2 Å². The largest absolute Gasteiger partial charge is 0.458 e. The van der Waals surface area contributed by atoms with Crippen LogP contribution in [0.1, 0.15) is 12.0 Å². The van der Waals surface area contributed by atoms with Crippen molar-refractivity contribution in [3.63, 3.8) is 0 Å².